The second kappa shape index (κ2) is 14.3. The third-order valence-electron chi connectivity index (χ3n) is 7.33. The van der Waals surface area contributed by atoms with E-state index in [2.05, 4.69) is 24.5 Å². The first kappa shape index (κ1) is 31.2. The highest BCUT2D eigenvalue weighted by molar-refractivity contribution is 5.92. The van der Waals surface area contributed by atoms with Crippen molar-refractivity contribution in [3.8, 4) is 0 Å². The second-order valence-corrected chi connectivity index (χ2v) is 11.9. The van der Waals surface area contributed by atoms with Gasteiger partial charge in [0.2, 0.25) is 11.8 Å². The lowest BCUT2D eigenvalue weighted by atomic mass is 9.87. The molecule has 0 spiro atoms. The van der Waals surface area contributed by atoms with Crippen molar-refractivity contribution in [1.29, 1.82) is 0 Å². The van der Waals surface area contributed by atoms with Gasteiger partial charge in [0.25, 0.3) is 0 Å². The number of rotatable bonds is 12. The van der Waals surface area contributed by atoms with Crippen LogP contribution in [0.4, 0.5) is 4.79 Å². The van der Waals surface area contributed by atoms with Crippen LogP contribution in [0.5, 0.6) is 0 Å². The van der Waals surface area contributed by atoms with Crippen LogP contribution >= 0.6 is 0 Å². The summed E-state index contributed by atoms with van der Waals surface area (Å²) in [6.07, 6.45) is 4.94. The van der Waals surface area contributed by atoms with Crippen molar-refractivity contribution in [2.24, 2.45) is 0 Å². The van der Waals surface area contributed by atoms with Crippen LogP contribution in [0, 0.1) is 0 Å². The Morgan fingerprint density at radius 1 is 0.950 bits per heavy atom. The molecule has 2 aromatic rings. The van der Waals surface area contributed by atoms with Crippen LogP contribution in [0.25, 0.3) is 0 Å². The first-order chi connectivity index (χ1) is 19.0. The van der Waals surface area contributed by atoms with Crippen LogP contribution in [0.3, 0.4) is 0 Å². The molecule has 3 amide bonds. The van der Waals surface area contributed by atoms with Crippen molar-refractivity contribution in [2.45, 2.75) is 116 Å². The van der Waals surface area contributed by atoms with Crippen LogP contribution in [0.1, 0.15) is 96.4 Å². The molecule has 2 N–H and O–H groups in total. The van der Waals surface area contributed by atoms with Crippen molar-refractivity contribution in [1.82, 2.24) is 15.5 Å². The Kier molecular flexibility index (Phi) is 11.2. The first-order valence-corrected chi connectivity index (χ1v) is 14.8. The molecule has 1 aliphatic carbocycles. The van der Waals surface area contributed by atoms with Crippen molar-refractivity contribution < 1.29 is 19.1 Å². The number of ether oxygens (including phenoxy) is 1. The van der Waals surface area contributed by atoms with Crippen molar-refractivity contribution in [3.63, 3.8) is 0 Å². The quantitative estimate of drug-likeness (QED) is 0.334. The molecule has 3 unspecified atom stereocenters. The van der Waals surface area contributed by atoms with E-state index in [1.807, 2.05) is 61.5 Å². The van der Waals surface area contributed by atoms with E-state index in [1.165, 1.54) is 0 Å². The van der Waals surface area contributed by atoms with Gasteiger partial charge in [0, 0.05) is 18.5 Å². The number of benzene rings is 2. The number of alkyl carbamates (subject to hydrolysis) is 1. The minimum atomic E-state index is -0.892. The minimum Gasteiger partial charge on any atom is -0.444 e. The maximum atomic E-state index is 14.5. The van der Waals surface area contributed by atoms with Gasteiger partial charge in [-0.15, -0.1) is 0 Å². The van der Waals surface area contributed by atoms with E-state index >= 15 is 0 Å². The zero-order chi connectivity index (χ0) is 29.3. The fraction of sp³-hybridized carbons (Fsp3) is 0.545. The van der Waals surface area contributed by atoms with Crippen LogP contribution in [0.2, 0.25) is 0 Å². The van der Waals surface area contributed by atoms with E-state index in [9.17, 15) is 14.4 Å². The molecular formula is C33H47N3O4. The lowest BCUT2D eigenvalue weighted by Crippen LogP contribution is -2.58. The van der Waals surface area contributed by atoms with Crippen LogP contribution in [-0.2, 0) is 27.2 Å². The molecule has 3 atom stereocenters. The molecule has 1 aliphatic rings. The van der Waals surface area contributed by atoms with Gasteiger partial charge >= 0.3 is 6.09 Å². The Bertz CT molecular complexity index is 1110. The van der Waals surface area contributed by atoms with Crippen LogP contribution in [-0.4, -0.2) is 46.5 Å². The number of carbonyl (C=O) groups excluding carboxylic acids is 3. The molecule has 0 saturated heterocycles. The lowest BCUT2D eigenvalue weighted by Gasteiger charge is -2.44. The third-order valence-corrected chi connectivity index (χ3v) is 7.33. The fourth-order valence-corrected chi connectivity index (χ4v) is 5.06. The van der Waals surface area contributed by atoms with Crippen LogP contribution in [0.15, 0.2) is 54.6 Å². The minimum absolute atomic E-state index is 0.0201. The fourth-order valence-electron chi connectivity index (χ4n) is 5.06. The lowest BCUT2D eigenvalue weighted by molar-refractivity contribution is -0.147. The summed E-state index contributed by atoms with van der Waals surface area (Å²) < 4.78 is 5.53. The highest BCUT2D eigenvalue weighted by Gasteiger charge is 2.42. The Morgan fingerprint density at radius 2 is 1.60 bits per heavy atom. The zero-order valence-electron chi connectivity index (χ0n) is 25.0. The Labute approximate surface area is 240 Å². The van der Waals surface area contributed by atoms with Crippen molar-refractivity contribution in [3.05, 3.63) is 71.3 Å². The summed E-state index contributed by atoms with van der Waals surface area (Å²) in [5.41, 5.74) is 2.14. The van der Waals surface area contributed by atoms with E-state index in [1.54, 1.807) is 25.7 Å². The number of hydrogen-bond donors (Lipinski definition) is 2. The molecule has 0 aromatic heterocycles. The summed E-state index contributed by atoms with van der Waals surface area (Å²) in [5, 5.41) is 6.01. The van der Waals surface area contributed by atoms with E-state index < -0.39 is 23.8 Å². The van der Waals surface area contributed by atoms with Gasteiger partial charge in [-0.2, -0.15) is 0 Å². The largest absolute Gasteiger partial charge is 0.444 e. The first-order valence-electron chi connectivity index (χ1n) is 14.8. The molecule has 3 rings (SSSR count). The number of carbonyl (C=O) groups is 3. The molecule has 40 heavy (non-hydrogen) atoms. The molecule has 2 aromatic carbocycles. The summed E-state index contributed by atoms with van der Waals surface area (Å²) in [6.45, 7) is 11.5. The average Bonchev–Trinajstić information content (AvgIpc) is 2.86. The summed E-state index contributed by atoms with van der Waals surface area (Å²) >= 11 is 0. The second-order valence-electron chi connectivity index (χ2n) is 11.9. The van der Waals surface area contributed by atoms with E-state index in [0.29, 0.717) is 0 Å². The molecule has 0 aliphatic heterocycles. The summed E-state index contributed by atoms with van der Waals surface area (Å²) in [6, 6.07) is 15.8. The number of amides is 3. The topological polar surface area (TPSA) is 87.7 Å². The van der Waals surface area contributed by atoms with Gasteiger partial charge in [-0.05, 0) is 76.5 Å². The molecule has 7 nitrogen and oxygen atoms in total. The molecule has 0 radical (unpaired) electrons. The smallest absolute Gasteiger partial charge is 0.408 e. The molecule has 7 heteroatoms. The Morgan fingerprint density at radius 3 is 2.12 bits per heavy atom. The molecular weight excluding hydrogens is 502 g/mol. The van der Waals surface area contributed by atoms with Gasteiger partial charge in [-0.3, -0.25) is 9.59 Å². The molecule has 1 saturated carbocycles. The number of hydrogen-bond acceptors (Lipinski definition) is 4. The third kappa shape index (κ3) is 8.83. The molecule has 0 bridgehead atoms. The van der Waals surface area contributed by atoms with E-state index in [0.717, 1.165) is 55.2 Å². The maximum absolute atomic E-state index is 14.5. The molecule has 218 valence electrons. The monoisotopic (exact) mass is 549 g/mol. The average molecular weight is 550 g/mol. The Balaban J connectivity index is 2.03. The van der Waals surface area contributed by atoms with Crippen molar-refractivity contribution >= 4 is 17.9 Å². The number of nitrogens with one attached hydrogen (secondary N) is 2. The highest BCUT2D eigenvalue weighted by atomic mass is 16.6. The van der Waals surface area contributed by atoms with Gasteiger partial charge in [0.1, 0.15) is 17.7 Å². The van der Waals surface area contributed by atoms with Gasteiger partial charge in [0.05, 0.1) is 0 Å². The van der Waals surface area contributed by atoms with E-state index in [4.69, 9.17) is 4.74 Å². The highest BCUT2D eigenvalue weighted by Crippen LogP contribution is 2.34. The maximum Gasteiger partial charge on any atom is 0.408 e. The van der Waals surface area contributed by atoms with Crippen molar-refractivity contribution in [2.75, 3.05) is 0 Å². The number of aryl methyl sites for hydroxylation is 1. The SMILES string of the molecule is CCCC(C)NC(=O)C(c1ccc(CC)cc1)N(C(=O)C(Cc1ccccc1)NC(=O)OC(C)(C)C)C1CCC1. The standard InChI is InChI=1S/C33H47N3O4/c1-7-13-23(3)34-30(37)29(26-20-18-24(8-2)19-21-26)36(27-16-12-17-27)31(38)28(22-25-14-10-9-11-15-25)35-32(39)40-33(4,5)6/h9-11,14-15,18-21,23,27-29H,7-8,12-13,16-17,22H2,1-6H3,(H,34,37)(H,35,39). The molecule has 0 heterocycles. The number of nitrogens with zero attached hydrogens (tertiary/aromatic N) is 1. The summed E-state index contributed by atoms with van der Waals surface area (Å²) in [7, 11) is 0. The van der Waals surface area contributed by atoms with E-state index in [-0.39, 0.29) is 30.3 Å². The predicted molar refractivity (Wildman–Crippen MR) is 159 cm³/mol. The van der Waals surface area contributed by atoms with Gasteiger partial charge < -0.3 is 20.3 Å². The molecule has 1 fully saturated rings. The summed E-state index contributed by atoms with van der Waals surface area (Å²) in [4.78, 5) is 43.1. The van der Waals surface area contributed by atoms with Crippen LogP contribution < -0.4 is 10.6 Å². The van der Waals surface area contributed by atoms with Gasteiger partial charge in [-0.25, -0.2) is 4.79 Å². The predicted octanol–water partition coefficient (Wildman–Crippen LogP) is 6.11. The van der Waals surface area contributed by atoms with Gasteiger partial charge in [-0.1, -0.05) is 74.9 Å². The van der Waals surface area contributed by atoms with Gasteiger partial charge in [0.15, 0.2) is 0 Å². The Hall–Kier alpha value is -3.35. The zero-order valence-corrected chi connectivity index (χ0v) is 25.0. The normalized spacial score (nSPS) is 15.8. The summed E-state index contributed by atoms with van der Waals surface area (Å²) in [5.74, 6) is -0.469.